The predicted molar refractivity (Wildman–Crippen MR) is 65.9 cm³/mol. The van der Waals surface area contributed by atoms with Crippen LogP contribution >= 0.6 is 0 Å². The van der Waals surface area contributed by atoms with Gasteiger partial charge in [-0.15, -0.1) is 0 Å². The standard InChI is InChI=1S/C12H14N4O2/c1-7-9(11(17)16-13)10(15-12(18)14-7)8-5-3-2-4-6-8/h2-6,10H,13H2,1H3,(H,16,17)(H2,14,15,18). The van der Waals surface area contributed by atoms with Crippen LogP contribution in [0.3, 0.4) is 0 Å². The molecule has 6 heteroatoms. The molecular weight excluding hydrogens is 232 g/mol. The second-order valence-electron chi connectivity index (χ2n) is 3.95. The molecule has 0 bridgehead atoms. The molecule has 1 atom stereocenters. The van der Waals surface area contributed by atoms with Gasteiger partial charge in [0.05, 0.1) is 11.6 Å². The number of hydrogen-bond donors (Lipinski definition) is 4. The molecule has 2 rings (SSSR count). The number of carbonyl (C=O) groups excluding carboxylic acids is 2. The van der Waals surface area contributed by atoms with Gasteiger partial charge in [-0.2, -0.15) is 0 Å². The molecule has 0 radical (unpaired) electrons. The van der Waals surface area contributed by atoms with Crippen LogP contribution in [0, 0.1) is 0 Å². The number of rotatable bonds is 2. The Kier molecular flexibility index (Phi) is 3.29. The zero-order chi connectivity index (χ0) is 13.1. The summed E-state index contributed by atoms with van der Waals surface area (Å²) in [6.45, 7) is 1.67. The second-order valence-corrected chi connectivity index (χ2v) is 3.95. The van der Waals surface area contributed by atoms with Gasteiger partial charge in [0.1, 0.15) is 0 Å². The lowest BCUT2D eigenvalue weighted by Crippen LogP contribution is -2.47. The number of nitrogens with one attached hydrogen (secondary N) is 3. The van der Waals surface area contributed by atoms with Gasteiger partial charge < -0.3 is 10.6 Å². The predicted octanol–water partition coefficient (Wildman–Crippen LogP) is 0.304. The van der Waals surface area contributed by atoms with E-state index in [1.165, 1.54) is 0 Å². The Morgan fingerprint density at radius 2 is 2.00 bits per heavy atom. The fourth-order valence-electron chi connectivity index (χ4n) is 1.97. The van der Waals surface area contributed by atoms with Crippen LogP contribution in [-0.4, -0.2) is 11.9 Å². The van der Waals surface area contributed by atoms with Crippen molar-refractivity contribution in [2.45, 2.75) is 13.0 Å². The van der Waals surface area contributed by atoms with Gasteiger partial charge in [0.15, 0.2) is 0 Å². The molecule has 6 nitrogen and oxygen atoms in total. The molecule has 5 N–H and O–H groups in total. The molecule has 0 aromatic heterocycles. The molecule has 1 unspecified atom stereocenters. The average molecular weight is 246 g/mol. The highest BCUT2D eigenvalue weighted by atomic mass is 16.2. The van der Waals surface area contributed by atoms with Crippen LogP contribution < -0.4 is 21.9 Å². The largest absolute Gasteiger partial charge is 0.327 e. The summed E-state index contributed by atoms with van der Waals surface area (Å²) >= 11 is 0. The highest BCUT2D eigenvalue weighted by molar-refractivity contribution is 5.98. The highest BCUT2D eigenvalue weighted by Crippen LogP contribution is 2.26. The Morgan fingerprint density at radius 1 is 1.33 bits per heavy atom. The van der Waals surface area contributed by atoms with Crippen molar-refractivity contribution in [2.75, 3.05) is 0 Å². The third kappa shape index (κ3) is 2.18. The van der Waals surface area contributed by atoms with Gasteiger partial charge in [-0.3, -0.25) is 10.2 Å². The topological polar surface area (TPSA) is 96.2 Å². The summed E-state index contributed by atoms with van der Waals surface area (Å²) < 4.78 is 0. The lowest BCUT2D eigenvalue weighted by molar-refractivity contribution is -0.118. The van der Waals surface area contributed by atoms with Crippen molar-refractivity contribution in [3.8, 4) is 0 Å². The molecule has 0 fully saturated rings. The smallest absolute Gasteiger partial charge is 0.319 e. The number of nitrogens with two attached hydrogens (primary N) is 1. The summed E-state index contributed by atoms with van der Waals surface area (Å²) in [7, 11) is 0. The molecule has 0 saturated carbocycles. The highest BCUT2D eigenvalue weighted by Gasteiger charge is 2.30. The Balaban J connectivity index is 2.46. The van der Waals surface area contributed by atoms with E-state index in [-0.39, 0.29) is 6.03 Å². The zero-order valence-electron chi connectivity index (χ0n) is 9.86. The molecule has 1 aromatic carbocycles. The van der Waals surface area contributed by atoms with Gasteiger partial charge in [0.25, 0.3) is 5.91 Å². The number of allylic oxidation sites excluding steroid dienone is 1. The Hall–Kier alpha value is -2.34. The molecular formula is C12H14N4O2. The van der Waals surface area contributed by atoms with E-state index in [1.807, 2.05) is 30.3 Å². The van der Waals surface area contributed by atoms with Crippen molar-refractivity contribution in [2.24, 2.45) is 5.84 Å². The van der Waals surface area contributed by atoms with E-state index in [9.17, 15) is 9.59 Å². The molecule has 94 valence electrons. The van der Waals surface area contributed by atoms with E-state index >= 15 is 0 Å². The molecule has 1 heterocycles. The Labute approximate surface area is 104 Å². The molecule has 0 spiro atoms. The van der Waals surface area contributed by atoms with E-state index in [0.29, 0.717) is 11.3 Å². The van der Waals surface area contributed by atoms with E-state index in [1.54, 1.807) is 6.92 Å². The minimum atomic E-state index is -0.497. The summed E-state index contributed by atoms with van der Waals surface area (Å²) in [6.07, 6.45) is 0. The van der Waals surface area contributed by atoms with Gasteiger partial charge in [0, 0.05) is 5.70 Å². The number of hydrogen-bond acceptors (Lipinski definition) is 3. The SMILES string of the molecule is CC1=C(C(=O)NN)C(c2ccccc2)NC(=O)N1. The van der Waals surface area contributed by atoms with Crippen LogP contribution in [0.15, 0.2) is 41.6 Å². The average Bonchev–Trinajstić information content (AvgIpc) is 2.38. The first-order valence-corrected chi connectivity index (χ1v) is 5.47. The minimum absolute atomic E-state index is 0.338. The van der Waals surface area contributed by atoms with Crippen molar-refractivity contribution in [3.63, 3.8) is 0 Å². The summed E-state index contributed by atoms with van der Waals surface area (Å²) in [5.74, 6) is 4.74. The van der Waals surface area contributed by atoms with Crippen molar-refractivity contribution >= 4 is 11.9 Å². The summed E-state index contributed by atoms with van der Waals surface area (Å²) in [5, 5.41) is 5.26. The maximum Gasteiger partial charge on any atom is 0.319 e. The molecule has 1 aliphatic rings. The third-order valence-corrected chi connectivity index (χ3v) is 2.78. The lowest BCUT2D eigenvalue weighted by Gasteiger charge is -2.28. The lowest BCUT2D eigenvalue weighted by atomic mass is 9.95. The quantitative estimate of drug-likeness (QED) is 0.343. The maximum atomic E-state index is 11.8. The number of urea groups is 1. The number of amides is 3. The van der Waals surface area contributed by atoms with Crippen LogP contribution in [0.5, 0.6) is 0 Å². The van der Waals surface area contributed by atoms with Crippen molar-refractivity contribution in [1.29, 1.82) is 0 Å². The fraction of sp³-hybridized carbons (Fsp3) is 0.167. The van der Waals surface area contributed by atoms with Crippen LogP contribution in [0.2, 0.25) is 0 Å². The normalized spacial score (nSPS) is 19.0. The summed E-state index contributed by atoms with van der Waals surface area (Å²) in [6, 6.07) is 8.40. The molecule has 0 aliphatic carbocycles. The number of carbonyl (C=O) groups is 2. The van der Waals surface area contributed by atoms with Crippen molar-refractivity contribution < 1.29 is 9.59 Å². The Morgan fingerprint density at radius 3 is 2.61 bits per heavy atom. The first-order valence-electron chi connectivity index (χ1n) is 5.47. The second kappa shape index (κ2) is 4.89. The molecule has 0 saturated heterocycles. The monoisotopic (exact) mass is 246 g/mol. The van der Waals surface area contributed by atoms with E-state index in [4.69, 9.17) is 5.84 Å². The Bertz CT molecular complexity index is 510. The fourth-order valence-corrected chi connectivity index (χ4v) is 1.97. The van der Waals surface area contributed by atoms with Crippen LogP contribution in [-0.2, 0) is 4.79 Å². The molecule has 1 aromatic rings. The van der Waals surface area contributed by atoms with Crippen LogP contribution in [0.25, 0.3) is 0 Å². The van der Waals surface area contributed by atoms with Gasteiger partial charge in [0.2, 0.25) is 0 Å². The summed E-state index contributed by atoms with van der Waals surface area (Å²) in [4.78, 5) is 23.3. The van der Waals surface area contributed by atoms with Crippen molar-refractivity contribution in [1.82, 2.24) is 16.1 Å². The molecule has 3 amide bonds. The van der Waals surface area contributed by atoms with E-state index < -0.39 is 11.9 Å². The van der Waals surface area contributed by atoms with E-state index in [2.05, 4.69) is 16.1 Å². The number of hydrazine groups is 1. The van der Waals surface area contributed by atoms with Gasteiger partial charge in [-0.1, -0.05) is 30.3 Å². The van der Waals surface area contributed by atoms with Gasteiger partial charge in [-0.05, 0) is 12.5 Å². The zero-order valence-corrected chi connectivity index (χ0v) is 9.86. The van der Waals surface area contributed by atoms with Crippen molar-refractivity contribution in [3.05, 3.63) is 47.2 Å². The summed E-state index contributed by atoms with van der Waals surface area (Å²) in [5.41, 5.74) is 3.82. The first-order chi connectivity index (χ1) is 8.63. The minimum Gasteiger partial charge on any atom is -0.327 e. The van der Waals surface area contributed by atoms with Gasteiger partial charge in [-0.25, -0.2) is 10.6 Å². The third-order valence-electron chi connectivity index (χ3n) is 2.78. The van der Waals surface area contributed by atoms with Crippen LogP contribution in [0.1, 0.15) is 18.5 Å². The molecule has 1 aliphatic heterocycles. The van der Waals surface area contributed by atoms with E-state index in [0.717, 1.165) is 5.56 Å². The molecule has 18 heavy (non-hydrogen) atoms. The number of benzene rings is 1. The first kappa shape index (κ1) is 12.1. The maximum absolute atomic E-state index is 11.8. The van der Waals surface area contributed by atoms with Gasteiger partial charge >= 0.3 is 6.03 Å². The van der Waals surface area contributed by atoms with Crippen LogP contribution in [0.4, 0.5) is 4.79 Å².